The van der Waals surface area contributed by atoms with Crippen LogP contribution >= 0.6 is 11.5 Å². The quantitative estimate of drug-likeness (QED) is 0.630. The van der Waals surface area contributed by atoms with Crippen LogP contribution in [0.25, 0.3) is 0 Å². The standard InChI is InChI=1S/C8H15N3O2S/c1-13-5-8(12)2-3-9-4-7-6-14-11-10-7/h6,8-9,12H,2-5H2,1H3. The third-order valence-electron chi connectivity index (χ3n) is 1.72. The predicted octanol–water partition coefficient (Wildman–Crippen LogP) is 0.0251. The number of hydrogen-bond acceptors (Lipinski definition) is 6. The summed E-state index contributed by atoms with van der Waals surface area (Å²) >= 11 is 1.34. The van der Waals surface area contributed by atoms with Gasteiger partial charge >= 0.3 is 0 Å². The maximum Gasteiger partial charge on any atom is 0.0893 e. The lowest BCUT2D eigenvalue weighted by atomic mass is 10.2. The number of nitrogens with one attached hydrogen (secondary N) is 1. The lowest BCUT2D eigenvalue weighted by Gasteiger charge is -2.08. The monoisotopic (exact) mass is 217 g/mol. The topological polar surface area (TPSA) is 67.3 Å². The van der Waals surface area contributed by atoms with E-state index in [1.54, 1.807) is 7.11 Å². The second kappa shape index (κ2) is 6.83. The van der Waals surface area contributed by atoms with Crippen LogP contribution in [0.1, 0.15) is 12.1 Å². The molecule has 0 fully saturated rings. The fourth-order valence-electron chi connectivity index (χ4n) is 1.02. The Kier molecular flexibility index (Phi) is 5.62. The van der Waals surface area contributed by atoms with Crippen LogP contribution in [0.15, 0.2) is 5.38 Å². The molecule has 1 aromatic rings. The van der Waals surface area contributed by atoms with Crippen molar-refractivity contribution in [1.29, 1.82) is 0 Å². The van der Waals surface area contributed by atoms with Crippen molar-refractivity contribution in [3.63, 3.8) is 0 Å². The largest absolute Gasteiger partial charge is 0.391 e. The molecule has 0 aromatic carbocycles. The van der Waals surface area contributed by atoms with Gasteiger partial charge in [-0.2, -0.15) is 0 Å². The summed E-state index contributed by atoms with van der Waals surface area (Å²) in [5.41, 5.74) is 0.941. The zero-order chi connectivity index (χ0) is 10.2. The van der Waals surface area contributed by atoms with Crippen molar-refractivity contribution >= 4 is 11.5 Å². The van der Waals surface area contributed by atoms with E-state index < -0.39 is 0 Å². The molecule has 14 heavy (non-hydrogen) atoms. The van der Waals surface area contributed by atoms with E-state index in [-0.39, 0.29) is 6.10 Å². The molecule has 0 saturated heterocycles. The van der Waals surface area contributed by atoms with Crippen LogP contribution < -0.4 is 5.32 Å². The molecule has 0 bridgehead atoms. The minimum Gasteiger partial charge on any atom is -0.391 e. The first-order valence-electron chi connectivity index (χ1n) is 4.46. The van der Waals surface area contributed by atoms with Crippen molar-refractivity contribution in [1.82, 2.24) is 14.9 Å². The van der Waals surface area contributed by atoms with E-state index in [0.717, 1.165) is 12.2 Å². The highest BCUT2D eigenvalue weighted by Crippen LogP contribution is 1.96. The zero-order valence-electron chi connectivity index (χ0n) is 8.14. The molecule has 80 valence electrons. The zero-order valence-corrected chi connectivity index (χ0v) is 8.96. The van der Waals surface area contributed by atoms with Gasteiger partial charge in [-0.25, -0.2) is 0 Å². The Morgan fingerprint density at radius 1 is 1.71 bits per heavy atom. The van der Waals surface area contributed by atoms with Crippen LogP contribution in [0.2, 0.25) is 0 Å². The van der Waals surface area contributed by atoms with Gasteiger partial charge in [0.15, 0.2) is 0 Å². The first-order chi connectivity index (χ1) is 6.83. The molecule has 5 nitrogen and oxygen atoms in total. The number of aromatic nitrogens is 2. The Morgan fingerprint density at radius 2 is 2.57 bits per heavy atom. The smallest absolute Gasteiger partial charge is 0.0893 e. The molecule has 2 N–H and O–H groups in total. The van der Waals surface area contributed by atoms with Gasteiger partial charge in [-0.1, -0.05) is 4.49 Å². The van der Waals surface area contributed by atoms with Crippen molar-refractivity contribution in [2.75, 3.05) is 20.3 Å². The number of rotatable bonds is 7. The fourth-order valence-corrected chi connectivity index (χ4v) is 1.47. The first kappa shape index (κ1) is 11.5. The summed E-state index contributed by atoms with van der Waals surface area (Å²) < 4.78 is 8.56. The third-order valence-corrected chi connectivity index (χ3v) is 2.28. The highest BCUT2D eigenvalue weighted by Gasteiger charge is 2.02. The fraction of sp³-hybridized carbons (Fsp3) is 0.750. The van der Waals surface area contributed by atoms with Crippen LogP contribution in [0.4, 0.5) is 0 Å². The van der Waals surface area contributed by atoms with E-state index in [1.165, 1.54) is 11.5 Å². The normalized spacial score (nSPS) is 13.0. The van der Waals surface area contributed by atoms with Crippen molar-refractivity contribution in [2.24, 2.45) is 0 Å². The molecular formula is C8H15N3O2S. The van der Waals surface area contributed by atoms with Crippen molar-refractivity contribution in [3.8, 4) is 0 Å². The molecule has 0 aliphatic heterocycles. The van der Waals surface area contributed by atoms with Gasteiger partial charge < -0.3 is 15.2 Å². The summed E-state index contributed by atoms with van der Waals surface area (Å²) in [5.74, 6) is 0. The van der Waals surface area contributed by atoms with Crippen LogP contribution in [-0.4, -0.2) is 41.1 Å². The van der Waals surface area contributed by atoms with Gasteiger partial charge in [0.1, 0.15) is 0 Å². The second-order valence-corrected chi connectivity index (χ2v) is 3.58. The average Bonchev–Trinajstić information content (AvgIpc) is 2.65. The van der Waals surface area contributed by atoms with Gasteiger partial charge in [-0.3, -0.25) is 0 Å². The van der Waals surface area contributed by atoms with Crippen LogP contribution in [-0.2, 0) is 11.3 Å². The molecule has 0 aliphatic carbocycles. The lowest BCUT2D eigenvalue weighted by molar-refractivity contribution is 0.0594. The van der Waals surface area contributed by atoms with E-state index >= 15 is 0 Å². The Bertz CT molecular complexity index is 231. The summed E-state index contributed by atoms with van der Waals surface area (Å²) in [6, 6.07) is 0. The van der Waals surface area contributed by atoms with E-state index in [9.17, 15) is 5.11 Å². The molecule has 1 unspecified atom stereocenters. The third kappa shape index (κ3) is 4.61. The maximum absolute atomic E-state index is 9.32. The van der Waals surface area contributed by atoms with Crippen LogP contribution in [0, 0.1) is 0 Å². The Hall–Kier alpha value is -0.560. The number of ether oxygens (including phenoxy) is 1. The van der Waals surface area contributed by atoms with E-state index in [0.29, 0.717) is 19.6 Å². The molecule has 1 atom stereocenters. The maximum atomic E-state index is 9.32. The molecule has 1 aromatic heterocycles. The molecule has 0 amide bonds. The molecular weight excluding hydrogens is 202 g/mol. The van der Waals surface area contributed by atoms with Crippen molar-refractivity contribution < 1.29 is 9.84 Å². The minimum absolute atomic E-state index is 0.388. The number of nitrogens with zero attached hydrogens (tertiary/aromatic N) is 2. The summed E-state index contributed by atoms with van der Waals surface area (Å²) in [6.07, 6.45) is 0.298. The Morgan fingerprint density at radius 3 is 3.21 bits per heavy atom. The van der Waals surface area contributed by atoms with Gasteiger partial charge in [-0.05, 0) is 24.5 Å². The minimum atomic E-state index is -0.388. The molecule has 0 aliphatic rings. The van der Waals surface area contributed by atoms with Gasteiger partial charge in [0.05, 0.1) is 18.4 Å². The molecule has 0 spiro atoms. The Balaban J connectivity index is 1.99. The van der Waals surface area contributed by atoms with Gasteiger partial charge in [-0.15, -0.1) is 5.10 Å². The first-order valence-corrected chi connectivity index (χ1v) is 5.30. The number of aliphatic hydroxyl groups excluding tert-OH is 1. The number of aliphatic hydroxyl groups is 1. The summed E-state index contributed by atoms with van der Waals surface area (Å²) in [6.45, 7) is 1.85. The molecule has 1 rings (SSSR count). The summed E-state index contributed by atoms with van der Waals surface area (Å²) in [5, 5.41) is 18.3. The molecule has 0 saturated carbocycles. The number of methoxy groups -OCH3 is 1. The predicted molar refractivity (Wildman–Crippen MR) is 54.1 cm³/mol. The highest BCUT2D eigenvalue weighted by atomic mass is 32.1. The van der Waals surface area contributed by atoms with Crippen molar-refractivity contribution in [2.45, 2.75) is 19.1 Å². The lowest BCUT2D eigenvalue weighted by Crippen LogP contribution is -2.23. The molecule has 6 heteroatoms. The summed E-state index contributed by atoms with van der Waals surface area (Å²) in [4.78, 5) is 0. The highest BCUT2D eigenvalue weighted by molar-refractivity contribution is 7.03. The SMILES string of the molecule is COCC(O)CCNCc1csnn1. The average molecular weight is 217 g/mol. The van der Waals surface area contributed by atoms with Gasteiger partial charge in [0.2, 0.25) is 0 Å². The molecule has 0 radical (unpaired) electrons. The van der Waals surface area contributed by atoms with Gasteiger partial charge in [0.25, 0.3) is 0 Å². The van der Waals surface area contributed by atoms with E-state index in [2.05, 4.69) is 14.9 Å². The van der Waals surface area contributed by atoms with Gasteiger partial charge in [0, 0.05) is 19.0 Å². The van der Waals surface area contributed by atoms with Crippen molar-refractivity contribution in [3.05, 3.63) is 11.1 Å². The number of hydrogen-bond donors (Lipinski definition) is 2. The van der Waals surface area contributed by atoms with Crippen LogP contribution in [0.3, 0.4) is 0 Å². The van der Waals surface area contributed by atoms with Crippen LogP contribution in [0.5, 0.6) is 0 Å². The second-order valence-electron chi connectivity index (χ2n) is 2.97. The summed E-state index contributed by atoms with van der Waals surface area (Å²) in [7, 11) is 1.58. The Labute approximate surface area is 87.3 Å². The van der Waals surface area contributed by atoms with E-state index in [4.69, 9.17) is 4.74 Å². The molecule has 1 heterocycles. The van der Waals surface area contributed by atoms with E-state index in [1.807, 2.05) is 5.38 Å².